The van der Waals surface area contributed by atoms with Gasteiger partial charge in [0, 0.05) is 44.6 Å². The topological polar surface area (TPSA) is 74.6 Å². The minimum Gasteiger partial charge on any atom is -0.385 e. The van der Waals surface area contributed by atoms with Crippen LogP contribution in [-0.4, -0.2) is 50.5 Å². The van der Waals surface area contributed by atoms with Crippen LogP contribution in [0.3, 0.4) is 0 Å². The molecule has 0 atom stereocenters. The average Bonchev–Trinajstić information content (AvgIpc) is 2.87. The number of amides is 1. The number of hydrogen-bond donors (Lipinski definition) is 1. The molecule has 200 valence electrons. The molecule has 0 bridgehead atoms. The third-order valence-corrected chi connectivity index (χ3v) is 7.27. The number of carbonyl (C=O) groups is 1. The molecule has 1 N–H and O–H groups in total. The van der Waals surface area contributed by atoms with Crippen molar-refractivity contribution in [1.82, 2.24) is 5.32 Å². The Balaban J connectivity index is 1.70. The lowest BCUT2D eigenvalue weighted by Crippen LogP contribution is -2.45. The first-order valence-electron chi connectivity index (χ1n) is 13.4. The second-order valence-corrected chi connectivity index (χ2v) is 11.3. The molecule has 1 fully saturated rings. The number of carbonyl (C=O) groups excluding carboxylic acids is 1. The van der Waals surface area contributed by atoms with Crippen molar-refractivity contribution >= 4 is 27.9 Å². The van der Waals surface area contributed by atoms with Gasteiger partial charge in [0.2, 0.25) is 0 Å². The SMILES string of the molecule is COCCC(C)(C)OCCC(C)(C)NC(=O)/C(C#N)=C(\C)c1ccc2cc(N3CCCCC3)ccc2c1. The van der Waals surface area contributed by atoms with Crippen molar-refractivity contribution in [2.24, 2.45) is 0 Å². The van der Waals surface area contributed by atoms with E-state index in [1.54, 1.807) is 7.11 Å². The summed E-state index contributed by atoms with van der Waals surface area (Å²) >= 11 is 0. The molecule has 2 aromatic carbocycles. The number of piperidine rings is 1. The fourth-order valence-electron chi connectivity index (χ4n) is 4.70. The van der Waals surface area contributed by atoms with Crippen molar-refractivity contribution in [2.75, 3.05) is 38.3 Å². The Morgan fingerprint density at radius 2 is 1.68 bits per heavy atom. The molecule has 6 heteroatoms. The molecule has 0 aliphatic carbocycles. The predicted molar refractivity (Wildman–Crippen MR) is 152 cm³/mol. The highest BCUT2D eigenvalue weighted by Crippen LogP contribution is 2.28. The number of nitrogens with zero attached hydrogens (tertiary/aromatic N) is 2. The molecule has 2 aromatic rings. The summed E-state index contributed by atoms with van der Waals surface area (Å²) in [6.07, 6.45) is 5.22. The molecule has 0 radical (unpaired) electrons. The second-order valence-electron chi connectivity index (χ2n) is 11.3. The number of anilines is 1. The Kier molecular flexibility index (Phi) is 9.75. The van der Waals surface area contributed by atoms with Gasteiger partial charge in [-0.15, -0.1) is 0 Å². The van der Waals surface area contributed by atoms with Crippen molar-refractivity contribution in [3.63, 3.8) is 0 Å². The number of nitrogens with one attached hydrogen (secondary N) is 1. The van der Waals surface area contributed by atoms with Crippen LogP contribution in [0.25, 0.3) is 16.3 Å². The first kappa shape index (κ1) is 28.7. The van der Waals surface area contributed by atoms with Crippen LogP contribution < -0.4 is 10.2 Å². The number of rotatable bonds is 11. The maximum atomic E-state index is 13.1. The Labute approximate surface area is 222 Å². The van der Waals surface area contributed by atoms with E-state index < -0.39 is 5.54 Å². The molecule has 0 saturated carbocycles. The van der Waals surface area contributed by atoms with E-state index in [0.29, 0.717) is 25.2 Å². The average molecular weight is 506 g/mol. The third-order valence-electron chi connectivity index (χ3n) is 7.27. The van der Waals surface area contributed by atoms with Crippen LogP contribution in [0.2, 0.25) is 0 Å². The van der Waals surface area contributed by atoms with E-state index >= 15 is 0 Å². The van der Waals surface area contributed by atoms with Crippen molar-refractivity contribution in [1.29, 1.82) is 5.26 Å². The number of benzene rings is 2. The van der Waals surface area contributed by atoms with E-state index in [9.17, 15) is 10.1 Å². The summed E-state index contributed by atoms with van der Waals surface area (Å²) in [5.41, 5.74) is 2.14. The zero-order chi connectivity index (χ0) is 27.1. The van der Waals surface area contributed by atoms with Crippen LogP contribution in [0, 0.1) is 11.3 Å². The van der Waals surface area contributed by atoms with E-state index in [1.165, 1.54) is 24.9 Å². The molecule has 1 aliphatic rings. The van der Waals surface area contributed by atoms with Crippen molar-refractivity contribution in [3.05, 3.63) is 47.5 Å². The van der Waals surface area contributed by atoms with Gasteiger partial charge >= 0.3 is 0 Å². The van der Waals surface area contributed by atoms with Crippen LogP contribution in [-0.2, 0) is 14.3 Å². The smallest absolute Gasteiger partial charge is 0.262 e. The van der Waals surface area contributed by atoms with Gasteiger partial charge in [-0.3, -0.25) is 4.79 Å². The predicted octanol–water partition coefficient (Wildman–Crippen LogP) is 6.24. The van der Waals surface area contributed by atoms with Crippen LogP contribution in [0.4, 0.5) is 5.69 Å². The number of fused-ring (bicyclic) bond motifs is 1. The fourth-order valence-corrected chi connectivity index (χ4v) is 4.70. The fraction of sp³-hybridized carbons (Fsp3) is 0.548. The van der Waals surface area contributed by atoms with Crippen molar-refractivity contribution in [2.45, 2.75) is 77.9 Å². The van der Waals surface area contributed by atoms with Crippen LogP contribution >= 0.6 is 0 Å². The Bertz CT molecular complexity index is 1150. The van der Waals surface area contributed by atoms with Gasteiger partial charge in [-0.1, -0.05) is 18.2 Å². The minimum absolute atomic E-state index is 0.138. The standard InChI is InChI=1S/C31H43N3O3/c1-23(24-10-11-26-21-27(13-12-25(26)20-24)34-16-8-7-9-17-34)28(22-32)29(35)33-30(2,3)14-19-37-31(4,5)15-18-36-6/h10-13,20-21H,7-9,14-19H2,1-6H3,(H,33,35)/b28-23+. The van der Waals surface area contributed by atoms with E-state index in [1.807, 2.05) is 40.7 Å². The first-order valence-corrected chi connectivity index (χ1v) is 13.4. The molecule has 1 aliphatic heterocycles. The van der Waals surface area contributed by atoms with Gasteiger partial charge < -0.3 is 19.7 Å². The summed E-state index contributed by atoms with van der Waals surface area (Å²) in [6, 6.07) is 14.8. The second kappa shape index (κ2) is 12.6. The molecule has 3 rings (SSSR count). The van der Waals surface area contributed by atoms with Crippen LogP contribution in [0.15, 0.2) is 42.0 Å². The van der Waals surface area contributed by atoms with Crippen LogP contribution in [0.1, 0.15) is 72.3 Å². The summed E-state index contributed by atoms with van der Waals surface area (Å²) < 4.78 is 11.2. The monoisotopic (exact) mass is 505 g/mol. The summed E-state index contributed by atoms with van der Waals surface area (Å²) in [6.45, 7) is 13.2. The molecule has 0 unspecified atom stereocenters. The van der Waals surface area contributed by atoms with Crippen LogP contribution in [0.5, 0.6) is 0 Å². The largest absolute Gasteiger partial charge is 0.385 e. The maximum absolute atomic E-state index is 13.1. The van der Waals surface area contributed by atoms with E-state index in [4.69, 9.17) is 9.47 Å². The van der Waals surface area contributed by atoms with Gasteiger partial charge in [0.05, 0.1) is 5.60 Å². The van der Waals surface area contributed by atoms with E-state index in [2.05, 4.69) is 46.6 Å². The highest BCUT2D eigenvalue weighted by atomic mass is 16.5. The van der Waals surface area contributed by atoms with Gasteiger partial charge in [0.25, 0.3) is 5.91 Å². The molecule has 1 heterocycles. The Morgan fingerprint density at radius 1 is 1.00 bits per heavy atom. The highest BCUT2D eigenvalue weighted by Gasteiger charge is 2.26. The minimum atomic E-state index is -0.523. The molecular weight excluding hydrogens is 462 g/mol. The van der Waals surface area contributed by atoms with Gasteiger partial charge in [-0.05, 0) is 107 Å². The zero-order valence-electron chi connectivity index (χ0n) is 23.4. The Hall–Kier alpha value is -2.88. The maximum Gasteiger partial charge on any atom is 0.262 e. The lowest BCUT2D eigenvalue weighted by Gasteiger charge is -2.30. The summed E-state index contributed by atoms with van der Waals surface area (Å²) in [5, 5.41) is 15.2. The first-order chi connectivity index (χ1) is 17.5. The number of ether oxygens (including phenoxy) is 2. The number of methoxy groups -OCH3 is 1. The van der Waals surface area contributed by atoms with E-state index in [0.717, 1.165) is 35.8 Å². The number of nitriles is 1. The van der Waals surface area contributed by atoms with Crippen molar-refractivity contribution < 1.29 is 14.3 Å². The summed E-state index contributed by atoms with van der Waals surface area (Å²) in [4.78, 5) is 15.6. The van der Waals surface area contributed by atoms with Gasteiger partial charge in [0.15, 0.2) is 0 Å². The molecule has 1 amide bonds. The number of allylic oxidation sites excluding steroid dienone is 1. The quantitative estimate of drug-likeness (QED) is 0.289. The summed E-state index contributed by atoms with van der Waals surface area (Å²) in [5.74, 6) is -0.357. The third kappa shape index (κ3) is 8.05. The lowest BCUT2D eigenvalue weighted by atomic mass is 9.96. The molecule has 0 aromatic heterocycles. The zero-order valence-corrected chi connectivity index (χ0v) is 23.4. The normalized spacial score (nSPS) is 15.3. The van der Waals surface area contributed by atoms with E-state index in [-0.39, 0.29) is 17.1 Å². The Morgan fingerprint density at radius 3 is 2.35 bits per heavy atom. The number of hydrogen-bond acceptors (Lipinski definition) is 5. The molecule has 0 spiro atoms. The van der Waals surface area contributed by atoms with Crippen molar-refractivity contribution in [3.8, 4) is 6.07 Å². The molecule has 1 saturated heterocycles. The van der Waals surface area contributed by atoms with Gasteiger partial charge in [0.1, 0.15) is 11.6 Å². The highest BCUT2D eigenvalue weighted by molar-refractivity contribution is 6.05. The lowest BCUT2D eigenvalue weighted by molar-refractivity contribution is -0.119. The summed E-state index contributed by atoms with van der Waals surface area (Å²) in [7, 11) is 1.68. The molecular formula is C31H43N3O3. The molecule has 37 heavy (non-hydrogen) atoms. The van der Waals surface area contributed by atoms with Gasteiger partial charge in [-0.25, -0.2) is 0 Å². The molecule has 6 nitrogen and oxygen atoms in total. The van der Waals surface area contributed by atoms with Gasteiger partial charge in [-0.2, -0.15) is 5.26 Å².